The van der Waals surface area contributed by atoms with E-state index in [9.17, 15) is 9.18 Å². The van der Waals surface area contributed by atoms with Gasteiger partial charge in [-0.05, 0) is 64.5 Å². The van der Waals surface area contributed by atoms with E-state index in [0.717, 1.165) is 19.4 Å². The van der Waals surface area contributed by atoms with Crippen LogP contribution in [0.2, 0.25) is 0 Å². The maximum absolute atomic E-state index is 12.8. The highest BCUT2D eigenvalue weighted by atomic mass is 19.1. The van der Waals surface area contributed by atoms with Gasteiger partial charge in [0.1, 0.15) is 5.82 Å². The van der Waals surface area contributed by atoms with Crippen molar-refractivity contribution in [2.75, 3.05) is 13.6 Å². The molecule has 1 aromatic rings. The summed E-state index contributed by atoms with van der Waals surface area (Å²) >= 11 is 0. The van der Waals surface area contributed by atoms with Gasteiger partial charge in [-0.3, -0.25) is 4.79 Å². The molecule has 0 N–H and O–H groups in total. The molecule has 0 aromatic heterocycles. The lowest BCUT2D eigenvalue weighted by Crippen LogP contribution is -2.41. The minimum atomic E-state index is -0.305. The van der Waals surface area contributed by atoms with Gasteiger partial charge >= 0.3 is 0 Å². The van der Waals surface area contributed by atoms with E-state index in [4.69, 9.17) is 0 Å². The summed E-state index contributed by atoms with van der Waals surface area (Å²) in [6.45, 7) is 7.47. The molecule has 1 aromatic carbocycles. The van der Waals surface area contributed by atoms with E-state index in [0.29, 0.717) is 12.0 Å². The largest absolute Gasteiger partial charge is 0.301 e. The topological polar surface area (TPSA) is 20.3 Å². The molecule has 0 amide bonds. The number of benzene rings is 1. The minimum absolute atomic E-state index is 0.0858. The summed E-state index contributed by atoms with van der Waals surface area (Å²) in [5.41, 5.74) is 0.762. The normalized spacial score (nSPS) is 11.9. The lowest BCUT2D eigenvalue weighted by Gasteiger charge is -2.34. The Morgan fingerprint density at radius 1 is 1.26 bits per heavy atom. The lowest BCUT2D eigenvalue weighted by molar-refractivity contribution is 0.0961. The van der Waals surface area contributed by atoms with Gasteiger partial charge in [-0.1, -0.05) is 6.92 Å². The first-order chi connectivity index (χ1) is 8.86. The third-order valence-electron chi connectivity index (χ3n) is 3.96. The molecule has 0 bridgehead atoms. The van der Waals surface area contributed by atoms with Gasteiger partial charge in [0, 0.05) is 17.5 Å². The summed E-state index contributed by atoms with van der Waals surface area (Å²) in [5, 5.41) is 0. The van der Waals surface area contributed by atoms with Crippen LogP contribution in [0.4, 0.5) is 4.39 Å². The first kappa shape index (κ1) is 15.8. The molecule has 1 rings (SSSR count). The lowest BCUT2D eigenvalue weighted by atomic mass is 9.99. The summed E-state index contributed by atoms with van der Waals surface area (Å²) in [5.74, 6) is -0.219. The molecule has 0 aliphatic rings. The second kappa shape index (κ2) is 6.80. The summed E-state index contributed by atoms with van der Waals surface area (Å²) in [7, 11) is 2.09. The fourth-order valence-corrected chi connectivity index (χ4v) is 1.83. The molecular weight excluding hydrogens is 241 g/mol. The number of rotatable bonds is 7. The molecule has 0 unspecified atom stereocenters. The highest BCUT2D eigenvalue weighted by molar-refractivity contribution is 5.95. The average Bonchev–Trinajstić information content (AvgIpc) is 2.39. The number of hydrogen-bond donors (Lipinski definition) is 0. The van der Waals surface area contributed by atoms with Crippen molar-refractivity contribution in [1.29, 1.82) is 0 Å². The number of halogens is 1. The number of ketones is 1. The standard InChI is InChI=1S/C16H24FNO/c1-5-16(2,3)18(4)12-6-7-15(19)13-8-10-14(17)11-9-13/h8-11H,5-7,12H2,1-4H3. The van der Waals surface area contributed by atoms with Gasteiger partial charge in [-0.25, -0.2) is 4.39 Å². The van der Waals surface area contributed by atoms with Crippen molar-refractivity contribution in [3.63, 3.8) is 0 Å². The van der Waals surface area contributed by atoms with Crippen molar-refractivity contribution in [2.45, 2.75) is 45.6 Å². The molecule has 0 atom stereocenters. The van der Waals surface area contributed by atoms with E-state index in [1.807, 2.05) is 0 Å². The first-order valence-electron chi connectivity index (χ1n) is 6.87. The van der Waals surface area contributed by atoms with E-state index >= 15 is 0 Å². The molecule has 0 aliphatic carbocycles. The van der Waals surface area contributed by atoms with Crippen molar-refractivity contribution in [3.8, 4) is 0 Å². The molecule has 2 nitrogen and oxygen atoms in total. The minimum Gasteiger partial charge on any atom is -0.301 e. The quantitative estimate of drug-likeness (QED) is 0.697. The second-order valence-corrected chi connectivity index (χ2v) is 5.62. The fourth-order valence-electron chi connectivity index (χ4n) is 1.83. The molecule has 3 heteroatoms. The fraction of sp³-hybridized carbons (Fsp3) is 0.562. The molecule has 0 spiro atoms. The van der Waals surface area contributed by atoms with E-state index in [1.54, 1.807) is 12.1 Å². The van der Waals surface area contributed by atoms with Crippen molar-refractivity contribution in [1.82, 2.24) is 4.90 Å². The van der Waals surface area contributed by atoms with E-state index in [1.165, 1.54) is 12.1 Å². The molecule has 0 aliphatic heterocycles. The number of carbonyl (C=O) groups is 1. The number of Topliss-reactive ketones (excluding diaryl/α,β-unsaturated/α-hetero) is 1. The van der Waals surface area contributed by atoms with E-state index in [-0.39, 0.29) is 17.1 Å². The van der Waals surface area contributed by atoms with Crippen LogP contribution in [0.25, 0.3) is 0 Å². The van der Waals surface area contributed by atoms with E-state index < -0.39 is 0 Å². The summed E-state index contributed by atoms with van der Waals surface area (Å²) in [6, 6.07) is 5.77. The molecule has 0 saturated heterocycles. The smallest absolute Gasteiger partial charge is 0.162 e. The summed E-state index contributed by atoms with van der Waals surface area (Å²) in [6.07, 6.45) is 2.42. The van der Waals surface area contributed by atoms with Crippen LogP contribution in [0.15, 0.2) is 24.3 Å². The number of carbonyl (C=O) groups excluding carboxylic acids is 1. The van der Waals surface area contributed by atoms with Crippen molar-refractivity contribution < 1.29 is 9.18 Å². The zero-order chi connectivity index (χ0) is 14.5. The second-order valence-electron chi connectivity index (χ2n) is 5.62. The molecule has 19 heavy (non-hydrogen) atoms. The third kappa shape index (κ3) is 4.75. The highest BCUT2D eigenvalue weighted by Crippen LogP contribution is 2.17. The Balaban J connectivity index is 2.41. The van der Waals surface area contributed by atoms with Gasteiger partial charge in [0.25, 0.3) is 0 Å². The average molecular weight is 265 g/mol. The van der Waals surface area contributed by atoms with Crippen LogP contribution >= 0.6 is 0 Å². The van der Waals surface area contributed by atoms with Crippen LogP contribution < -0.4 is 0 Å². The highest BCUT2D eigenvalue weighted by Gasteiger charge is 2.20. The Morgan fingerprint density at radius 3 is 2.37 bits per heavy atom. The molecular formula is C16H24FNO. The monoisotopic (exact) mass is 265 g/mol. The Bertz CT molecular complexity index is 411. The molecule has 106 valence electrons. The SMILES string of the molecule is CCC(C)(C)N(C)CCCC(=O)c1ccc(F)cc1. The predicted octanol–water partition coefficient (Wildman–Crippen LogP) is 3.91. The molecule has 0 fully saturated rings. The van der Waals surface area contributed by atoms with Crippen LogP contribution in [0.3, 0.4) is 0 Å². The summed E-state index contributed by atoms with van der Waals surface area (Å²) < 4.78 is 12.8. The maximum atomic E-state index is 12.8. The van der Waals surface area contributed by atoms with Gasteiger partial charge in [-0.15, -0.1) is 0 Å². The van der Waals surface area contributed by atoms with Gasteiger partial charge in [0.2, 0.25) is 0 Å². The van der Waals surface area contributed by atoms with Gasteiger partial charge in [0.05, 0.1) is 0 Å². The number of hydrogen-bond acceptors (Lipinski definition) is 2. The van der Waals surface area contributed by atoms with Crippen LogP contribution in [-0.4, -0.2) is 29.8 Å². The predicted molar refractivity (Wildman–Crippen MR) is 77.0 cm³/mol. The zero-order valence-electron chi connectivity index (χ0n) is 12.4. The van der Waals surface area contributed by atoms with Crippen LogP contribution in [0, 0.1) is 5.82 Å². The summed E-state index contributed by atoms with van der Waals surface area (Å²) in [4.78, 5) is 14.2. The van der Waals surface area contributed by atoms with Crippen LogP contribution in [0.1, 0.15) is 50.4 Å². The maximum Gasteiger partial charge on any atom is 0.162 e. The Kier molecular flexibility index (Phi) is 5.67. The van der Waals surface area contributed by atoms with Crippen molar-refractivity contribution in [2.24, 2.45) is 0 Å². The molecule has 0 radical (unpaired) electrons. The Labute approximate surface area is 115 Å². The van der Waals surface area contributed by atoms with Crippen LogP contribution in [0.5, 0.6) is 0 Å². The van der Waals surface area contributed by atoms with Gasteiger partial charge in [-0.2, -0.15) is 0 Å². The van der Waals surface area contributed by atoms with E-state index in [2.05, 4.69) is 32.7 Å². The number of nitrogens with zero attached hydrogens (tertiary/aromatic N) is 1. The molecule has 0 heterocycles. The molecule has 0 saturated carbocycles. The first-order valence-corrected chi connectivity index (χ1v) is 6.87. The third-order valence-corrected chi connectivity index (χ3v) is 3.96. The Hall–Kier alpha value is -1.22. The Morgan fingerprint density at radius 2 is 1.84 bits per heavy atom. The van der Waals surface area contributed by atoms with Crippen molar-refractivity contribution >= 4 is 5.78 Å². The van der Waals surface area contributed by atoms with Gasteiger partial charge < -0.3 is 4.90 Å². The van der Waals surface area contributed by atoms with Crippen molar-refractivity contribution in [3.05, 3.63) is 35.6 Å². The zero-order valence-corrected chi connectivity index (χ0v) is 12.4. The van der Waals surface area contributed by atoms with Crippen LogP contribution in [-0.2, 0) is 0 Å². The van der Waals surface area contributed by atoms with Gasteiger partial charge in [0.15, 0.2) is 5.78 Å².